The molecule has 36 heavy (non-hydrogen) atoms. The van der Waals surface area contributed by atoms with E-state index in [1.807, 2.05) is 4.90 Å². The molecule has 4 aromatic rings. The summed E-state index contributed by atoms with van der Waals surface area (Å²) in [4.78, 5) is 38.6. The zero-order valence-corrected chi connectivity index (χ0v) is 19.1. The van der Waals surface area contributed by atoms with Crippen molar-refractivity contribution in [1.29, 1.82) is 0 Å². The Hall–Kier alpha value is -4.64. The summed E-state index contributed by atoms with van der Waals surface area (Å²) in [6.07, 6.45) is 3.90. The van der Waals surface area contributed by atoms with Gasteiger partial charge in [0, 0.05) is 30.7 Å². The van der Waals surface area contributed by atoms with E-state index < -0.39 is 5.56 Å². The monoisotopic (exact) mass is 487 g/mol. The highest BCUT2D eigenvalue weighted by Crippen LogP contribution is 2.25. The summed E-state index contributed by atoms with van der Waals surface area (Å²) in [6, 6.07) is 11.8. The van der Waals surface area contributed by atoms with Crippen LogP contribution in [0.15, 0.2) is 72.4 Å². The predicted octanol–water partition coefficient (Wildman–Crippen LogP) is 3.02. The summed E-state index contributed by atoms with van der Waals surface area (Å²) in [5.41, 5.74) is 1.93. The van der Waals surface area contributed by atoms with Gasteiger partial charge in [-0.05, 0) is 42.5 Å². The van der Waals surface area contributed by atoms with Crippen LogP contribution in [0.3, 0.4) is 0 Å². The molecule has 0 saturated carbocycles. The van der Waals surface area contributed by atoms with Gasteiger partial charge < -0.3 is 20.3 Å². The average Bonchev–Trinajstić information content (AvgIpc) is 2.89. The van der Waals surface area contributed by atoms with Gasteiger partial charge in [-0.2, -0.15) is 9.97 Å². The van der Waals surface area contributed by atoms with Gasteiger partial charge in [0.2, 0.25) is 11.9 Å². The number of carbonyl (C=O) groups excluding carboxylic acids is 1. The highest BCUT2D eigenvalue weighted by atomic mass is 19.1. The Morgan fingerprint density at radius 1 is 1.11 bits per heavy atom. The third kappa shape index (κ3) is 4.77. The Morgan fingerprint density at radius 3 is 2.72 bits per heavy atom. The van der Waals surface area contributed by atoms with Gasteiger partial charge in [0.1, 0.15) is 17.5 Å². The number of benzene rings is 2. The number of ether oxygens (including phenoxy) is 1. The van der Waals surface area contributed by atoms with Crippen LogP contribution in [0.2, 0.25) is 0 Å². The van der Waals surface area contributed by atoms with E-state index in [0.717, 1.165) is 0 Å². The number of halogens is 1. The van der Waals surface area contributed by atoms with Crippen LogP contribution < -0.4 is 21.1 Å². The lowest BCUT2D eigenvalue weighted by Gasteiger charge is -2.29. The first-order chi connectivity index (χ1) is 17.5. The first kappa shape index (κ1) is 23.1. The summed E-state index contributed by atoms with van der Waals surface area (Å²) in [5, 5.41) is 5.90. The van der Waals surface area contributed by atoms with Crippen LogP contribution >= 0.6 is 0 Å². The van der Waals surface area contributed by atoms with Crippen LogP contribution in [0, 0.1) is 5.82 Å². The molecule has 0 radical (unpaired) electrons. The Balaban J connectivity index is 1.47. The van der Waals surface area contributed by atoms with Crippen molar-refractivity contribution in [3.8, 4) is 5.69 Å². The molecule has 10 nitrogen and oxygen atoms in total. The normalized spacial score (nSPS) is 13.4. The van der Waals surface area contributed by atoms with Crippen molar-refractivity contribution >= 4 is 40.0 Å². The quantitative estimate of drug-likeness (QED) is 0.399. The Kier molecular flexibility index (Phi) is 6.37. The van der Waals surface area contributed by atoms with Crippen LogP contribution in [0.25, 0.3) is 16.7 Å². The minimum atomic E-state index is -0.482. The number of carbonyl (C=O) groups is 1. The number of nitrogens with zero attached hydrogens (tertiary/aromatic N) is 5. The summed E-state index contributed by atoms with van der Waals surface area (Å²) in [6.45, 7) is 5.82. The van der Waals surface area contributed by atoms with Crippen molar-refractivity contribution < 1.29 is 13.9 Å². The molecule has 1 amide bonds. The topological polar surface area (TPSA) is 114 Å². The van der Waals surface area contributed by atoms with E-state index in [-0.39, 0.29) is 23.1 Å². The lowest BCUT2D eigenvalue weighted by Crippen LogP contribution is -2.36. The molecule has 1 aliphatic heterocycles. The SMILES string of the molecule is C=CC(=O)Nc1cccc(-n2cnc(=O)c3cnc(Nc4ccc(N5CCOCC5)c(F)c4)nc32)c1. The molecule has 1 saturated heterocycles. The predicted molar refractivity (Wildman–Crippen MR) is 134 cm³/mol. The number of fused-ring (bicyclic) bond motifs is 1. The molecule has 0 bridgehead atoms. The number of rotatable bonds is 6. The van der Waals surface area contributed by atoms with Gasteiger partial charge >= 0.3 is 0 Å². The molecular formula is C25H22FN7O3. The summed E-state index contributed by atoms with van der Waals surface area (Å²) in [7, 11) is 0. The number of nitrogens with one attached hydrogen (secondary N) is 2. The van der Waals surface area contributed by atoms with Crippen LogP contribution in [0.5, 0.6) is 0 Å². The van der Waals surface area contributed by atoms with Crippen molar-refractivity contribution in [2.75, 3.05) is 41.8 Å². The van der Waals surface area contributed by atoms with E-state index in [9.17, 15) is 14.0 Å². The van der Waals surface area contributed by atoms with Crippen LogP contribution in [0.4, 0.5) is 27.4 Å². The lowest BCUT2D eigenvalue weighted by atomic mass is 10.2. The number of morpholine rings is 1. The number of hydrogen-bond acceptors (Lipinski definition) is 8. The molecule has 0 atom stereocenters. The fraction of sp³-hybridized carbons (Fsp3) is 0.160. The molecular weight excluding hydrogens is 465 g/mol. The molecule has 2 aromatic heterocycles. The summed E-state index contributed by atoms with van der Waals surface area (Å²) in [5.74, 6) is -0.547. The minimum Gasteiger partial charge on any atom is -0.378 e. The fourth-order valence-electron chi connectivity index (χ4n) is 3.89. The van der Waals surface area contributed by atoms with E-state index in [2.05, 4.69) is 32.2 Å². The fourth-order valence-corrected chi connectivity index (χ4v) is 3.89. The zero-order valence-electron chi connectivity index (χ0n) is 19.1. The van der Waals surface area contributed by atoms with E-state index in [1.165, 1.54) is 24.7 Å². The van der Waals surface area contributed by atoms with E-state index in [4.69, 9.17) is 4.74 Å². The van der Waals surface area contributed by atoms with Gasteiger partial charge in [0.05, 0.1) is 24.6 Å². The largest absolute Gasteiger partial charge is 0.378 e. The van der Waals surface area contributed by atoms with Crippen molar-refractivity contribution in [3.63, 3.8) is 0 Å². The van der Waals surface area contributed by atoms with Crippen LogP contribution in [-0.2, 0) is 9.53 Å². The Labute approximate surface area is 205 Å². The molecule has 182 valence electrons. The second kappa shape index (κ2) is 9.92. The van der Waals surface area contributed by atoms with Crippen molar-refractivity contribution in [3.05, 3.63) is 83.8 Å². The van der Waals surface area contributed by atoms with E-state index >= 15 is 0 Å². The first-order valence-corrected chi connectivity index (χ1v) is 11.2. The standard InChI is InChI=1S/C25H22FN7O3/c1-2-22(34)29-16-4-3-5-18(12-16)33-15-28-24(35)19-14-27-25(31-23(19)33)30-17-6-7-21(20(26)13-17)32-8-10-36-11-9-32/h2-7,12-15H,1,8-11H2,(H,29,34)(H,27,30,31). The zero-order chi connectivity index (χ0) is 25.1. The molecule has 1 fully saturated rings. The first-order valence-electron chi connectivity index (χ1n) is 11.2. The maximum atomic E-state index is 14.8. The maximum Gasteiger partial charge on any atom is 0.283 e. The van der Waals surface area contributed by atoms with Gasteiger partial charge in [0.25, 0.3) is 5.56 Å². The molecule has 2 N–H and O–H groups in total. The highest BCUT2D eigenvalue weighted by molar-refractivity contribution is 5.99. The second-order valence-corrected chi connectivity index (χ2v) is 7.98. The average molecular weight is 487 g/mol. The van der Waals surface area contributed by atoms with Crippen LogP contribution in [-0.4, -0.2) is 51.7 Å². The van der Waals surface area contributed by atoms with Gasteiger partial charge in [-0.3, -0.25) is 14.2 Å². The van der Waals surface area contributed by atoms with Crippen LogP contribution in [0.1, 0.15) is 0 Å². The smallest absolute Gasteiger partial charge is 0.283 e. The highest BCUT2D eigenvalue weighted by Gasteiger charge is 2.16. The van der Waals surface area contributed by atoms with Gasteiger partial charge in [-0.25, -0.2) is 9.37 Å². The summed E-state index contributed by atoms with van der Waals surface area (Å²) >= 11 is 0. The second-order valence-electron chi connectivity index (χ2n) is 7.98. The molecule has 2 aromatic carbocycles. The molecule has 5 rings (SSSR count). The van der Waals surface area contributed by atoms with E-state index in [0.29, 0.717) is 54.7 Å². The number of amides is 1. The van der Waals surface area contributed by atoms with Crippen molar-refractivity contribution in [1.82, 2.24) is 19.5 Å². The lowest BCUT2D eigenvalue weighted by molar-refractivity contribution is -0.111. The molecule has 0 aliphatic carbocycles. The molecule has 11 heteroatoms. The number of hydrogen-bond donors (Lipinski definition) is 2. The Morgan fingerprint density at radius 2 is 1.94 bits per heavy atom. The Bertz CT molecular complexity index is 1520. The molecule has 0 unspecified atom stereocenters. The number of aromatic nitrogens is 4. The third-order valence-corrected chi connectivity index (χ3v) is 5.65. The number of anilines is 4. The van der Waals surface area contributed by atoms with Crippen molar-refractivity contribution in [2.24, 2.45) is 0 Å². The molecule has 3 heterocycles. The van der Waals surface area contributed by atoms with Gasteiger partial charge in [-0.1, -0.05) is 12.6 Å². The summed E-state index contributed by atoms with van der Waals surface area (Å²) < 4.78 is 21.8. The molecule has 0 spiro atoms. The van der Waals surface area contributed by atoms with Crippen molar-refractivity contribution in [2.45, 2.75) is 0 Å². The molecule has 1 aliphatic rings. The maximum absolute atomic E-state index is 14.8. The third-order valence-electron chi connectivity index (χ3n) is 5.65. The van der Waals surface area contributed by atoms with Gasteiger partial charge in [0.15, 0.2) is 5.65 Å². The van der Waals surface area contributed by atoms with E-state index in [1.54, 1.807) is 41.0 Å². The minimum absolute atomic E-state index is 0.177. The van der Waals surface area contributed by atoms with Gasteiger partial charge in [-0.15, -0.1) is 0 Å².